The van der Waals surface area contributed by atoms with Crippen molar-refractivity contribution in [1.29, 1.82) is 0 Å². The minimum atomic E-state index is -0.163. The molecule has 1 aromatic heterocycles. The highest BCUT2D eigenvalue weighted by molar-refractivity contribution is 6.23. The normalized spacial score (nSPS) is 13.9. The van der Waals surface area contributed by atoms with Gasteiger partial charge in [-0.3, -0.25) is 4.90 Å². The van der Waals surface area contributed by atoms with E-state index in [-0.39, 0.29) is 6.17 Å². The molecule has 0 radical (unpaired) electrons. The first-order valence-electron chi connectivity index (χ1n) is 18.1. The van der Waals surface area contributed by atoms with Gasteiger partial charge in [0.05, 0.1) is 11.1 Å². The van der Waals surface area contributed by atoms with Crippen molar-refractivity contribution in [3.8, 4) is 44.5 Å². The maximum Gasteiger partial charge on any atom is 0.155 e. The van der Waals surface area contributed by atoms with Crippen LogP contribution < -0.4 is 4.90 Å². The lowest BCUT2D eigenvalue weighted by molar-refractivity contribution is 0.667. The molecule has 9 aromatic rings. The molecule has 0 fully saturated rings. The van der Waals surface area contributed by atoms with Crippen LogP contribution in [-0.2, 0) is 0 Å². The quantitative estimate of drug-likeness (QED) is 0.168. The third-order valence-electron chi connectivity index (χ3n) is 10.3. The van der Waals surface area contributed by atoms with E-state index in [0.717, 1.165) is 55.7 Å². The Morgan fingerprint density at radius 1 is 0.358 bits per heavy atom. The average Bonchev–Trinajstić information content (AvgIpc) is 3.62. The minimum absolute atomic E-state index is 0.163. The van der Waals surface area contributed by atoms with Crippen molar-refractivity contribution >= 4 is 33.5 Å². The fourth-order valence-corrected chi connectivity index (χ4v) is 7.66. The zero-order valence-corrected chi connectivity index (χ0v) is 28.9. The van der Waals surface area contributed by atoms with Gasteiger partial charge >= 0.3 is 0 Å². The highest BCUT2D eigenvalue weighted by atomic mass is 16.3. The second kappa shape index (κ2) is 13.0. The highest BCUT2D eigenvalue weighted by Crippen LogP contribution is 2.46. The largest absolute Gasteiger partial charge is 0.456 e. The van der Waals surface area contributed by atoms with E-state index in [4.69, 9.17) is 9.41 Å². The third-order valence-corrected chi connectivity index (χ3v) is 10.3. The fraction of sp³-hybridized carbons (Fsp3) is 0.0200. The molecule has 0 aliphatic carbocycles. The fourth-order valence-electron chi connectivity index (χ4n) is 7.66. The van der Waals surface area contributed by atoms with Crippen molar-refractivity contribution in [2.45, 2.75) is 6.17 Å². The maximum absolute atomic E-state index is 6.58. The SMILES string of the molecule is c1ccc(-c2ccc(-c3ccc(C4=NC(c5ccccc5)N4c4cccc5oc6cccc(-c7ccc(-c8ccccc8)cc7)c6c45)cc3)cc2)cc1. The van der Waals surface area contributed by atoms with Gasteiger partial charge in [-0.1, -0.05) is 182 Å². The summed E-state index contributed by atoms with van der Waals surface area (Å²) in [5.41, 5.74) is 14.5. The van der Waals surface area contributed by atoms with E-state index in [1.165, 1.54) is 33.4 Å². The first kappa shape index (κ1) is 30.8. The lowest BCUT2D eigenvalue weighted by Gasteiger charge is -2.41. The van der Waals surface area contributed by atoms with E-state index in [1.54, 1.807) is 0 Å². The number of hydrogen-bond donors (Lipinski definition) is 0. The summed E-state index contributed by atoms with van der Waals surface area (Å²) in [6, 6.07) is 70.8. The second-order valence-corrected chi connectivity index (χ2v) is 13.5. The van der Waals surface area contributed by atoms with E-state index in [1.807, 2.05) is 0 Å². The molecular weight excluding hydrogens is 645 g/mol. The molecule has 0 saturated heterocycles. The number of fused-ring (bicyclic) bond motifs is 3. The van der Waals surface area contributed by atoms with Crippen LogP contribution >= 0.6 is 0 Å². The summed E-state index contributed by atoms with van der Waals surface area (Å²) in [6.07, 6.45) is -0.163. The predicted molar refractivity (Wildman–Crippen MR) is 220 cm³/mol. The molecule has 0 saturated carbocycles. The molecule has 1 aliphatic heterocycles. The van der Waals surface area contributed by atoms with Crippen LogP contribution in [0.4, 0.5) is 5.69 Å². The van der Waals surface area contributed by atoms with Crippen molar-refractivity contribution in [2.24, 2.45) is 4.99 Å². The zero-order chi connectivity index (χ0) is 35.1. The molecule has 10 rings (SSSR count). The lowest BCUT2D eigenvalue weighted by atomic mass is 9.95. The number of furan rings is 1. The van der Waals surface area contributed by atoms with Gasteiger partial charge in [0.1, 0.15) is 17.0 Å². The van der Waals surface area contributed by atoms with Gasteiger partial charge in [-0.05, 0) is 68.3 Å². The van der Waals surface area contributed by atoms with Gasteiger partial charge in [0.2, 0.25) is 0 Å². The van der Waals surface area contributed by atoms with Crippen molar-refractivity contribution in [3.63, 3.8) is 0 Å². The van der Waals surface area contributed by atoms with Crippen molar-refractivity contribution in [1.82, 2.24) is 0 Å². The molecule has 250 valence electrons. The van der Waals surface area contributed by atoms with Gasteiger partial charge in [-0.2, -0.15) is 0 Å². The Morgan fingerprint density at radius 2 is 0.792 bits per heavy atom. The number of aliphatic imine (C=N–C) groups is 1. The number of benzene rings is 8. The molecule has 1 aliphatic rings. The number of amidine groups is 1. The van der Waals surface area contributed by atoms with E-state index in [2.05, 4.69) is 205 Å². The molecule has 3 nitrogen and oxygen atoms in total. The highest BCUT2D eigenvalue weighted by Gasteiger charge is 2.36. The Hall–Kier alpha value is -6.97. The summed E-state index contributed by atoms with van der Waals surface area (Å²) in [5, 5.41) is 2.20. The molecule has 2 heterocycles. The molecule has 0 amide bonds. The minimum Gasteiger partial charge on any atom is -0.456 e. The molecule has 3 heteroatoms. The van der Waals surface area contributed by atoms with E-state index >= 15 is 0 Å². The molecule has 8 aromatic carbocycles. The molecular formula is C50H34N2O. The van der Waals surface area contributed by atoms with Crippen LogP contribution in [0.2, 0.25) is 0 Å². The van der Waals surface area contributed by atoms with Crippen LogP contribution in [0.3, 0.4) is 0 Å². The van der Waals surface area contributed by atoms with Crippen LogP contribution in [0.15, 0.2) is 210 Å². The first-order chi connectivity index (χ1) is 26.3. The van der Waals surface area contributed by atoms with Crippen LogP contribution in [0.25, 0.3) is 66.4 Å². The van der Waals surface area contributed by atoms with Crippen molar-refractivity contribution in [3.05, 3.63) is 211 Å². The van der Waals surface area contributed by atoms with Crippen LogP contribution in [0.1, 0.15) is 17.3 Å². The van der Waals surface area contributed by atoms with Gasteiger partial charge in [-0.15, -0.1) is 0 Å². The Morgan fingerprint density at radius 3 is 1.34 bits per heavy atom. The summed E-state index contributed by atoms with van der Waals surface area (Å²) < 4.78 is 6.58. The van der Waals surface area contributed by atoms with E-state index in [9.17, 15) is 0 Å². The molecule has 1 atom stereocenters. The summed E-state index contributed by atoms with van der Waals surface area (Å²) >= 11 is 0. The molecule has 0 N–H and O–H groups in total. The summed E-state index contributed by atoms with van der Waals surface area (Å²) in [6.45, 7) is 0. The molecule has 0 bridgehead atoms. The predicted octanol–water partition coefficient (Wildman–Crippen LogP) is 13.2. The Labute approximate surface area is 308 Å². The molecule has 0 spiro atoms. The Balaban J connectivity index is 1.05. The Bertz CT molecular complexity index is 2730. The number of anilines is 1. The van der Waals surface area contributed by atoms with Gasteiger partial charge in [0.25, 0.3) is 0 Å². The first-order valence-corrected chi connectivity index (χ1v) is 18.1. The summed E-state index contributed by atoms with van der Waals surface area (Å²) in [5.74, 6) is 0.941. The topological polar surface area (TPSA) is 28.7 Å². The average molecular weight is 679 g/mol. The number of hydrogen-bond acceptors (Lipinski definition) is 3. The van der Waals surface area contributed by atoms with Gasteiger partial charge < -0.3 is 4.42 Å². The lowest BCUT2D eigenvalue weighted by Crippen LogP contribution is -2.43. The van der Waals surface area contributed by atoms with Crippen LogP contribution in [0.5, 0.6) is 0 Å². The van der Waals surface area contributed by atoms with Crippen LogP contribution in [0, 0.1) is 0 Å². The van der Waals surface area contributed by atoms with Gasteiger partial charge in [-0.25, -0.2) is 4.99 Å². The standard InChI is InChI=1S/C50H34N2O/c1-4-12-34(13-5-1)36-22-24-38(25-23-36)39-28-32-42(33-29-39)50-51-49(41-16-8-3-9-17-41)52(50)44-19-11-21-46-48(44)47-43(18-10-20-45(47)53-46)40-30-26-37(27-31-40)35-14-6-2-7-15-35/h1-33,49H. The summed E-state index contributed by atoms with van der Waals surface area (Å²) in [4.78, 5) is 7.65. The maximum atomic E-state index is 6.58. The Kier molecular flexibility index (Phi) is 7.54. The third kappa shape index (κ3) is 5.51. The second-order valence-electron chi connectivity index (χ2n) is 13.5. The molecule has 53 heavy (non-hydrogen) atoms. The smallest absolute Gasteiger partial charge is 0.155 e. The summed E-state index contributed by atoms with van der Waals surface area (Å²) in [7, 11) is 0. The zero-order valence-electron chi connectivity index (χ0n) is 28.9. The van der Waals surface area contributed by atoms with Crippen LogP contribution in [-0.4, -0.2) is 5.84 Å². The van der Waals surface area contributed by atoms with Gasteiger partial charge in [0, 0.05) is 10.9 Å². The van der Waals surface area contributed by atoms with Crippen molar-refractivity contribution in [2.75, 3.05) is 4.90 Å². The molecule has 1 unspecified atom stereocenters. The van der Waals surface area contributed by atoms with E-state index in [0.29, 0.717) is 0 Å². The number of rotatable bonds is 7. The monoisotopic (exact) mass is 678 g/mol. The van der Waals surface area contributed by atoms with E-state index < -0.39 is 0 Å². The number of nitrogens with zero attached hydrogens (tertiary/aromatic N) is 2. The van der Waals surface area contributed by atoms with Crippen molar-refractivity contribution < 1.29 is 4.42 Å². The van der Waals surface area contributed by atoms with Gasteiger partial charge in [0.15, 0.2) is 6.17 Å².